The van der Waals surface area contributed by atoms with Gasteiger partial charge >= 0.3 is 7.60 Å². The summed E-state index contributed by atoms with van der Waals surface area (Å²) in [6, 6.07) is 15.0. The lowest BCUT2D eigenvalue weighted by atomic mass is 9.88. The van der Waals surface area contributed by atoms with Crippen molar-refractivity contribution < 1.29 is 51.0 Å². The molecule has 3 aromatic carbocycles. The van der Waals surface area contributed by atoms with Gasteiger partial charge in [0, 0.05) is 43.6 Å². The lowest BCUT2D eigenvalue weighted by Gasteiger charge is -2.32. The minimum Gasteiger partial charge on any atom is -0.493 e. The van der Waals surface area contributed by atoms with E-state index in [9.17, 15) is 23.3 Å². The quantitative estimate of drug-likeness (QED) is 0.0726. The van der Waals surface area contributed by atoms with E-state index in [1.165, 1.54) is 43.5 Å². The molecule has 292 valence electrons. The molecular weight excluding hydrogens is 733 g/mol. The Morgan fingerprint density at radius 2 is 1.49 bits per heavy atom. The summed E-state index contributed by atoms with van der Waals surface area (Å²) in [6.45, 7) is 5.17. The molecule has 0 unspecified atom stereocenters. The number of carbonyl (C=O) groups is 3. The third kappa shape index (κ3) is 9.58. The number of benzene rings is 3. The van der Waals surface area contributed by atoms with Crippen LogP contribution < -0.4 is 14.2 Å². The van der Waals surface area contributed by atoms with Crippen molar-refractivity contribution in [1.29, 1.82) is 0 Å². The van der Waals surface area contributed by atoms with Crippen LogP contribution in [0.1, 0.15) is 50.7 Å². The average molecular weight is 779 g/mol. The molecule has 4 aromatic rings. The molecule has 0 bridgehead atoms. The molecule has 11 nitrogen and oxygen atoms in total. The van der Waals surface area contributed by atoms with E-state index in [-0.39, 0.29) is 61.4 Å². The van der Waals surface area contributed by atoms with Gasteiger partial charge in [0.2, 0.25) is 5.91 Å². The van der Waals surface area contributed by atoms with Gasteiger partial charge in [-0.2, -0.15) is 0 Å². The molecule has 0 N–H and O–H groups in total. The Hall–Kier alpha value is -4.71. The van der Waals surface area contributed by atoms with Crippen LogP contribution in [0.25, 0.3) is 10.9 Å². The molecule has 55 heavy (non-hydrogen) atoms. The fourth-order valence-electron chi connectivity index (χ4n) is 6.84. The van der Waals surface area contributed by atoms with Crippen molar-refractivity contribution in [2.75, 3.05) is 46.2 Å². The molecule has 14 heteroatoms. The molecule has 6 rings (SSSR count). The minimum atomic E-state index is -3.48. The Balaban J connectivity index is 1.06. The number of likely N-dealkylation sites (tertiary alicyclic amines) is 1. The van der Waals surface area contributed by atoms with E-state index < -0.39 is 24.6 Å². The van der Waals surface area contributed by atoms with Gasteiger partial charge in [0.1, 0.15) is 17.7 Å². The van der Waals surface area contributed by atoms with Crippen molar-refractivity contribution in [1.82, 2.24) is 9.88 Å². The number of halogens is 2. The summed E-state index contributed by atoms with van der Waals surface area (Å²) >= 11 is 0. The molecule has 1 aliphatic heterocycles. The van der Waals surface area contributed by atoms with Crippen LogP contribution in [0, 0.1) is 23.0 Å². The minimum absolute atomic E-state index is 0.0342. The number of ketones is 2. The van der Waals surface area contributed by atoms with E-state index in [1.807, 2.05) is 0 Å². The maximum absolute atomic E-state index is 15.4. The molecule has 2 heterocycles. The predicted molar refractivity (Wildman–Crippen MR) is 201 cm³/mol. The van der Waals surface area contributed by atoms with Crippen LogP contribution in [0.2, 0.25) is 0 Å². The number of carbonyl (C=O) groups excluding carboxylic acids is 3. The maximum Gasteiger partial charge on any atom is 0.340 e. The number of fused-ring (bicyclic) bond motifs is 1. The van der Waals surface area contributed by atoms with E-state index in [4.69, 9.17) is 23.3 Å². The summed E-state index contributed by atoms with van der Waals surface area (Å²) in [5.41, 5.74) is 0.505. The van der Waals surface area contributed by atoms with Gasteiger partial charge in [-0.15, -0.1) is 0 Å². The monoisotopic (exact) mass is 778 g/mol. The number of amides is 1. The summed E-state index contributed by atoms with van der Waals surface area (Å²) in [5.74, 6) is -0.465. The van der Waals surface area contributed by atoms with Crippen LogP contribution in [0.4, 0.5) is 8.78 Å². The lowest BCUT2D eigenvalue weighted by molar-refractivity contribution is -0.134. The third-order valence-electron chi connectivity index (χ3n) is 10.1. The van der Waals surface area contributed by atoms with E-state index >= 15 is 4.39 Å². The highest BCUT2D eigenvalue weighted by molar-refractivity contribution is 7.54. The zero-order valence-corrected chi connectivity index (χ0v) is 32.1. The summed E-state index contributed by atoms with van der Waals surface area (Å²) in [6.07, 6.45) is 3.47. The highest BCUT2D eigenvalue weighted by atomic mass is 31.2. The van der Waals surface area contributed by atoms with E-state index in [2.05, 4.69) is 4.98 Å². The fraction of sp³-hybridized carbons (Fsp3) is 0.415. The normalized spacial score (nSPS) is 15.5. The van der Waals surface area contributed by atoms with Gasteiger partial charge < -0.3 is 28.2 Å². The summed E-state index contributed by atoms with van der Waals surface area (Å²) in [4.78, 5) is 45.3. The number of aromatic nitrogens is 1. The Morgan fingerprint density at radius 1 is 0.836 bits per heavy atom. The molecule has 2 fully saturated rings. The van der Waals surface area contributed by atoms with Crippen molar-refractivity contribution >= 4 is 36.0 Å². The van der Waals surface area contributed by atoms with E-state index in [0.717, 1.165) is 0 Å². The Kier molecular flexibility index (Phi) is 12.6. The zero-order valence-electron chi connectivity index (χ0n) is 31.2. The summed E-state index contributed by atoms with van der Waals surface area (Å²) < 4.78 is 70.0. The number of pyridine rings is 1. The lowest BCUT2D eigenvalue weighted by Crippen LogP contribution is -2.41. The van der Waals surface area contributed by atoms with Crippen molar-refractivity contribution in [3.05, 3.63) is 89.6 Å². The van der Waals surface area contributed by atoms with Gasteiger partial charge in [0.05, 0.1) is 37.9 Å². The first-order valence-electron chi connectivity index (χ1n) is 18.5. The van der Waals surface area contributed by atoms with Crippen LogP contribution in [0.5, 0.6) is 23.0 Å². The topological polar surface area (TPSA) is 131 Å². The Labute approximate surface area is 318 Å². The number of hydrogen-bond donors (Lipinski definition) is 0. The highest BCUT2D eigenvalue weighted by Gasteiger charge is 2.54. The van der Waals surface area contributed by atoms with Gasteiger partial charge in [0.15, 0.2) is 34.6 Å². The largest absolute Gasteiger partial charge is 0.493 e. The van der Waals surface area contributed by atoms with Crippen molar-refractivity contribution in [3.8, 4) is 23.0 Å². The maximum atomic E-state index is 15.4. The second-order valence-electron chi connectivity index (χ2n) is 13.8. The van der Waals surface area contributed by atoms with Crippen LogP contribution in [-0.4, -0.2) is 73.5 Å². The number of hydrogen-bond acceptors (Lipinski definition) is 10. The smallest absolute Gasteiger partial charge is 0.340 e. The van der Waals surface area contributed by atoms with Crippen molar-refractivity contribution in [2.45, 2.75) is 52.4 Å². The van der Waals surface area contributed by atoms with Crippen molar-refractivity contribution in [3.63, 3.8) is 0 Å². The number of methoxy groups -OCH3 is 1. The average Bonchev–Trinajstić information content (AvgIpc) is 3.99. The summed E-state index contributed by atoms with van der Waals surface area (Å²) in [7, 11) is -1.97. The zero-order chi connectivity index (χ0) is 39.2. The second-order valence-corrected chi connectivity index (χ2v) is 15.9. The molecule has 1 amide bonds. The van der Waals surface area contributed by atoms with Gasteiger partial charge in [-0.25, -0.2) is 8.78 Å². The molecule has 1 aliphatic carbocycles. The molecule has 1 saturated carbocycles. The molecule has 0 spiro atoms. The van der Waals surface area contributed by atoms with Crippen molar-refractivity contribution in [2.24, 2.45) is 11.3 Å². The first kappa shape index (κ1) is 40.0. The highest BCUT2D eigenvalue weighted by Crippen LogP contribution is 2.49. The predicted octanol–water partition coefficient (Wildman–Crippen LogP) is 7.90. The molecule has 0 radical (unpaired) electrons. The Bertz CT molecular complexity index is 2070. The van der Waals surface area contributed by atoms with Gasteiger partial charge in [-0.05, 0) is 93.0 Å². The molecule has 1 saturated heterocycles. The molecule has 2 aliphatic rings. The van der Waals surface area contributed by atoms with E-state index in [0.29, 0.717) is 84.7 Å². The number of piperidine rings is 1. The van der Waals surface area contributed by atoms with Crippen LogP contribution in [-0.2, 0) is 40.8 Å². The molecular formula is C41H45F2N2O9P. The van der Waals surface area contributed by atoms with Gasteiger partial charge in [-0.3, -0.25) is 23.9 Å². The SMILES string of the molecule is CCOP(=O)(CC(=O)N1CCC(COc2cc3nccc(Oc4ccc(CC(=O)C5(C(=O)Cc6ccc(F)cc6)CC5)cc4F)c3cc2OC)CC1)OCC. The Morgan fingerprint density at radius 3 is 2.11 bits per heavy atom. The van der Waals surface area contributed by atoms with E-state index in [1.54, 1.807) is 49.2 Å². The molecule has 1 aromatic heterocycles. The van der Waals surface area contributed by atoms with Crippen LogP contribution in [0.15, 0.2) is 66.9 Å². The second kappa shape index (κ2) is 17.4. The number of nitrogens with zero attached hydrogens (tertiary/aromatic N) is 2. The summed E-state index contributed by atoms with van der Waals surface area (Å²) in [5, 5.41) is 0.559. The number of rotatable bonds is 18. The standard InChI is InChI=1S/C41H45F2N2O9P/c1-4-52-55(49,53-5-2)26-40(48)45-18-13-28(14-19-45)25-51-37-24-33-31(23-36(37)50-3)34(12-17-44-33)54-35-11-8-29(20-32(35)43)22-39(47)41(15-16-41)38(46)21-27-6-9-30(42)10-7-27/h6-12,17,20,23-24,28H,4-5,13-16,18-19,21-22,25-26H2,1-3H3. The van der Waals surface area contributed by atoms with Crippen LogP contribution >= 0.6 is 7.60 Å². The fourth-order valence-corrected chi connectivity index (χ4v) is 8.41. The number of Topliss-reactive ketones (excluding diaryl/α,β-unsaturated/α-hetero) is 2. The third-order valence-corrected chi connectivity index (χ3v) is 12.0. The van der Waals surface area contributed by atoms with Gasteiger partial charge in [0.25, 0.3) is 0 Å². The van der Waals surface area contributed by atoms with Gasteiger partial charge in [-0.1, -0.05) is 18.2 Å². The first-order valence-corrected chi connectivity index (χ1v) is 20.2. The van der Waals surface area contributed by atoms with Crippen LogP contribution in [0.3, 0.4) is 0 Å². The number of ether oxygens (including phenoxy) is 3. The first-order chi connectivity index (χ1) is 26.5. The molecule has 0 atom stereocenters.